The Labute approximate surface area is 159 Å². The van der Waals surface area contributed by atoms with E-state index in [-0.39, 0.29) is 29.8 Å². The number of nitrogens with zero attached hydrogens (tertiary/aromatic N) is 1. The summed E-state index contributed by atoms with van der Waals surface area (Å²) in [6, 6.07) is 11.6. The average Bonchev–Trinajstić information content (AvgIpc) is 2.84. The van der Waals surface area contributed by atoms with Gasteiger partial charge in [0.2, 0.25) is 5.91 Å². The molecule has 0 fully saturated rings. The fourth-order valence-corrected chi connectivity index (χ4v) is 3.30. The van der Waals surface area contributed by atoms with Crippen molar-refractivity contribution in [2.45, 2.75) is 33.7 Å². The first-order valence-corrected chi connectivity index (χ1v) is 9.19. The molecule has 1 heterocycles. The van der Waals surface area contributed by atoms with E-state index >= 15 is 0 Å². The van der Waals surface area contributed by atoms with Crippen molar-refractivity contribution in [1.82, 2.24) is 4.90 Å². The quantitative estimate of drug-likeness (QED) is 0.895. The molecule has 2 aromatic carbocycles. The number of hydrogen-bond donors (Lipinski definition) is 1. The number of ether oxygens (including phenoxy) is 1. The van der Waals surface area contributed by atoms with Crippen LogP contribution in [0.4, 0.5) is 0 Å². The largest absolute Gasteiger partial charge is 0.504 e. The number of ketones is 1. The molecule has 142 valence electrons. The number of benzene rings is 2. The van der Waals surface area contributed by atoms with Crippen LogP contribution in [0.3, 0.4) is 0 Å². The molecule has 1 aliphatic heterocycles. The van der Waals surface area contributed by atoms with Crippen LogP contribution in [-0.4, -0.2) is 34.8 Å². The summed E-state index contributed by atoms with van der Waals surface area (Å²) in [5.41, 5.74) is 3.80. The summed E-state index contributed by atoms with van der Waals surface area (Å²) in [4.78, 5) is 25.8. The second-order valence-electron chi connectivity index (χ2n) is 7.18. The molecule has 1 atom stereocenters. The first-order chi connectivity index (χ1) is 12.9. The Morgan fingerprint density at radius 2 is 2.00 bits per heavy atom. The first-order valence-electron chi connectivity index (χ1n) is 9.19. The van der Waals surface area contributed by atoms with Crippen LogP contribution in [0, 0.1) is 12.8 Å². The van der Waals surface area contributed by atoms with Crippen molar-refractivity contribution in [3.63, 3.8) is 0 Å². The molecule has 0 unspecified atom stereocenters. The summed E-state index contributed by atoms with van der Waals surface area (Å²) < 4.78 is 5.72. The van der Waals surface area contributed by atoms with Gasteiger partial charge in [-0.25, -0.2) is 0 Å². The Kier molecular flexibility index (Phi) is 5.49. The molecule has 1 amide bonds. The predicted octanol–water partition coefficient (Wildman–Crippen LogP) is 3.70. The number of fused-ring (bicyclic) bond motifs is 1. The standard InChI is InChI=1S/C22H25NO4/c1-14-6-4-5-7-19(14)17-11-18-13-23(21(26)10-15(2)16(3)24)8-9-27-22(18)20(25)12-17/h4-7,11-12,15,25H,8-10,13H2,1-3H3/t15-/m1/s1. The molecule has 2 aromatic rings. The van der Waals surface area contributed by atoms with Crippen LogP contribution >= 0.6 is 0 Å². The van der Waals surface area contributed by atoms with Crippen LogP contribution < -0.4 is 4.74 Å². The third kappa shape index (κ3) is 4.13. The molecule has 27 heavy (non-hydrogen) atoms. The van der Waals surface area contributed by atoms with Gasteiger partial charge in [-0.15, -0.1) is 0 Å². The van der Waals surface area contributed by atoms with E-state index in [9.17, 15) is 14.7 Å². The topological polar surface area (TPSA) is 66.8 Å². The number of carbonyl (C=O) groups excluding carboxylic acids is 2. The van der Waals surface area contributed by atoms with Gasteiger partial charge < -0.3 is 14.7 Å². The van der Waals surface area contributed by atoms with Crippen LogP contribution in [0.15, 0.2) is 36.4 Å². The number of phenols is 1. The monoisotopic (exact) mass is 367 g/mol. The summed E-state index contributed by atoms with van der Waals surface area (Å²) in [5.74, 6) is 0.150. The minimum atomic E-state index is -0.298. The van der Waals surface area contributed by atoms with Crippen molar-refractivity contribution >= 4 is 11.7 Å². The number of phenolic OH excluding ortho intramolecular Hbond substituents is 1. The van der Waals surface area contributed by atoms with E-state index < -0.39 is 0 Å². The van der Waals surface area contributed by atoms with E-state index in [0.717, 1.165) is 22.3 Å². The molecule has 0 saturated heterocycles. The first kappa shape index (κ1) is 19.0. The van der Waals surface area contributed by atoms with Crippen molar-refractivity contribution in [1.29, 1.82) is 0 Å². The smallest absolute Gasteiger partial charge is 0.223 e. The molecular formula is C22H25NO4. The Hall–Kier alpha value is -2.82. The lowest BCUT2D eigenvalue weighted by Gasteiger charge is -2.21. The van der Waals surface area contributed by atoms with Crippen LogP contribution in [0.25, 0.3) is 11.1 Å². The molecule has 1 aliphatic rings. The number of aromatic hydroxyl groups is 1. The average molecular weight is 367 g/mol. The van der Waals surface area contributed by atoms with Gasteiger partial charge in [-0.1, -0.05) is 31.2 Å². The molecule has 0 spiro atoms. The highest BCUT2D eigenvalue weighted by Gasteiger charge is 2.25. The van der Waals surface area contributed by atoms with Crippen LogP contribution in [0.5, 0.6) is 11.5 Å². The number of amides is 1. The molecule has 0 bridgehead atoms. The fraction of sp³-hybridized carbons (Fsp3) is 0.364. The zero-order chi connectivity index (χ0) is 19.6. The minimum Gasteiger partial charge on any atom is -0.504 e. The lowest BCUT2D eigenvalue weighted by Crippen LogP contribution is -2.34. The number of rotatable bonds is 4. The lowest BCUT2D eigenvalue weighted by molar-refractivity contribution is -0.135. The maximum Gasteiger partial charge on any atom is 0.223 e. The zero-order valence-electron chi connectivity index (χ0n) is 16.0. The summed E-state index contributed by atoms with van der Waals surface area (Å²) in [6.45, 7) is 6.39. The number of hydrogen-bond acceptors (Lipinski definition) is 4. The molecule has 0 radical (unpaired) electrons. The molecule has 1 N–H and O–H groups in total. The van der Waals surface area contributed by atoms with Gasteiger partial charge in [-0.3, -0.25) is 9.59 Å². The molecule has 0 saturated carbocycles. The second-order valence-corrected chi connectivity index (χ2v) is 7.18. The van der Waals surface area contributed by atoms with Gasteiger partial charge in [0, 0.05) is 24.4 Å². The SMILES string of the molecule is CC(=O)[C@H](C)CC(=O)N1CCOc2c(O)cc(-c3ccccc3C)cc2C1. The summed E-state index contributed by atoms with van der Waals surface area (Å²) in [6.07, 6.45) is 0.189. The molecule has 5 nitrogen and oxygen atoms in total. The molecule has 3 rings (SSSR count). The van der Waals surface area contributed by atoms with E-state index in [1.54, 1.807) is 17.9 Å². The van der Waals surface area contributed by atoms with Crippen molar-refractivity contribution < 1.29 is 19.4 Å². The van der Waals surface area contributed by atoms with Gasteiger partial charge in [0.1, 0.15) is 12.4 Å². The van der Waals surface area contributed by atoms with E-state index in [1.807, 2.05) is 37.3 Å². The van der Waals surface area contributed by atoms with Gasteiger partial charge >= 0.3 is 0 Å². The third-order valence-corrected chi connectivity index (χ3v) is 5.10. The van der Waals surface area contributed by atoms with Crippen LogP contribution in [0.2, 0.25) is 0 Å². The van der Waals surface area contributed by atoms with Gasteiger partial charge in [0.25, 0.3) is 0 Å². The zero-order valence-corrected chi connectivity index (χ0v) is 16.0. The Balaban J connectivity index is 1.91. The highest BCUT2D eigenvalue weighted by atomic mass is 16.5. The van der Waals surface area contributed by atoms with Gasteiger partial charge in [-0.05, 0) is 42.7 Å². The van der Waals surface area contributed by atoms with E-state index in [1.165, 1.54) is 6.92 Å². The normalized spacial score (nSPS) is 14.7. The lowest BCUT2D eigenvalue weighted by atomic mass is 9.97. The minimum absolute atomic E-state index is 0.00862. The van der Waals surface area contributed by atoms with E-state index in [0.29, 0.717) is 25.4 Å². The van der Waals surface area contributed by atoms with Crippen molar-refractivity contribution in [2.75, 3.05) is 13.2 Å². The Morgan fingerprint density at radius 1 is 1.26 bits per heavy atom. The number of Topliss-reactive ketones (excluding diaryl/α,β-unsaturated/α-hetero) is 1. The maximum absolute atomic E-state index is 12.6. The number of aryl methyl sites for hydroxylation is 1. The number of carbonyl (C=O) groups is 2. The van der Waals surface area contributed by atoms with E-state index in [4.69, 9.17) is 4.74 Å². The van der Waals surface area contributed by atoms with Gasteiger partial charge in [0.05, 0.1) is 6.54 Å². The molecular weight excluding hydrogens is 342 g/mol. The van der Waals surface area contributed by atoms with Crippen molar-refractivity contribution in [3.8, 4) is 22.6 Å². The summed E-state index contributed by atoms with van der Waals surface area (Å²) >= 11 is 0. The van der Waals surface area contributed by atoms with Crippen LogP contribution in [-0.2, 0) is 16.1 Å². The van der Waals surface area contributed by atoms with E-state index in [2.05, 4.69) is 0 Å². The summed E-state index contributed by atoms with van der Waals surface area (Å²) in [5, 5.41) is 10.5. The van der Waals surface area contributed by atoms with Gasteiger partial charge in [-0.2, -0.15) is 0 Å². The summed E-state index contributed by atoms with van der Waals surface area (Å²) in [7, 11) is 0. The van der Waals surface area contributed by atoms with Crippen molar-refractivity contribution in [2.24, 2.45) is 5.92 Å². The van der Waals surface area contributed by atoms with Gasteiger partial charge in [0.15, 0.2) is 11.5 Å². The Bertz CT molecular complexity index is 875. The fourth-order valence-electron chi connectivity index (χ4n) is 3.30. The Morgan fingerprint density at radius 3 is 2.70 bits per heavy atom. The molecule has 0 aliphatic carbocycles. The molecule has 0 aromatic heterocycles. The molecule has 5 heteroatoms. The predicted molar refractivity (Wildman–Crippen MR) is 104 cm³/mol. The second kappa shape index (κ2) is 7.82. The van der Waals surface area contributed by atoms with Crippen LogP contribution in [0.1, 0.15) is 31.4 Å². The highest BCUT2D eigenvalue weighted by Crippen LogP contribution is 2.38. The third-order valence-electron chi connectivity index (χ3n) is 5.10. The van der Waals surface area contributed by atoms with Crippen molar-refractivity contribution in [3.05, 3.63) is 47.5 Å². The highest BCUT2D eigenvalue weighted by molar-refractivity contribution is 5.85. The maximum atomic E-state index is 12.6.